The Morgan fingerprint density at radius 1 is 1.36 bits per heavy atom. The van der Waals surface area contributed by atoms with E-state index < -0.39 is 0 Å². The summed E-state index contributed by atoms with van der Waals surface area (Å²) in [5.74, 6) is 0.379. The molecule has 1 aliphatic carbocycles. The topological polar surface area (TPSA) is 69.0 Å². The summed E-state index contributed by atoms with van der Waals surface area (Å²) in [5, 5.41) is 11.8. The van der Waals surface area contributed by atoms with Gasteiger partial charge < -0.3 is 14.6 Å². The van der Waals surface area contributed by atoms with Crippen molar-refractivity contribution >= 4 is 17.7 Å². The largest absolute Gasteiger partial charge is 0.383 e. The second-order valence-electron chi connectivity index (χ2n) is 6.37. The van der Waals surface area contributed by atoms with Crippen LogP contribution in [0.15, 0.2) is 41.8 Å². The molecule has 7 heteroatoms. The minimum absolute atomic E-state index is 0.0356. The van der Waals surface area contributed by atoms with E-state index in [0.717, 1.165) is 18.0 Å². The highest BCUT2D eigenvalue weighted by Gasteiger charge is 2.38. The van der Waals surface area contributed by atoms with Crippen LogP contribution in [0.5, 0.6) is 0 Å². The van der Waals surface area contributed by atoms with E-state index in [0.29, 0.717) is 25.4 Å². The minimum Gasteiger partial charge on any atom is -0.383 e. The van der Waals surface area contributed by atoms with E-state index in [4.69, 9.17) is 4.74 Å². The van der Waals surface area contributed by atoms with E-state index >= 15 is 0 Å². The maximum atomic E-state index is 12.3. The summed E-state index contributed by atoms with van der Waals surface area (Å²) in [6.07, 6.45) is 5.16. The van der Waals surface area contributed by atoms with Crippen molar-refractivity contribution in [2.45, 2.75) is 36.4 Å². The van der Waals surface area contributed by atoms with Crippen LogP contribution < -0.4 is 5.32 Å². The Morgan fingerprint density at radius 3 is 2.84 bits per heavy atom. The number of hydrogen-bond acceptors (Lipinski definition) is 5. The highest BCUT2D eigenvalue weighted by molar-refractivity contribution is 7.99. The number of nitrogens with one attached hydrogen (secondary N) is 1. The molecule has 1 heterocycles. The molecule has 0 unspecified atom stereocenters. The number of hydrogen-bond donors (Lipinski definition) is 1. The molecule has 134 valence electrons. The summed E-state index contributed by atoms with van der Waals surface area (Å²) in [6.45, 7) is 1.98. The third kappa shape index (κ3) is 4.41. The van der Waals surface area contributed by atoms with Gasteiger partial charge in [0.25, 0.3) is 0 Å². The predicted molar refractivity (Wildman–Crippen MR) is 97.6 cm³/mol. The van der Waals surface area contributed by atoms with Gasteiger partial charge in [-0.2, -0.15) is 0 Å². The van der Waals surface area contributed by atoms with Crippen LogP contribution in [-0.2, 0) is 21.5 Å². The van der Waals surface area contributed by atoms with Gasteiger partial charge in [-0.15, -0.1) is 10.2 Å². The first kappa shape index (κ1) is 17.9. The van der Waals surface area contributed by atoms with Crippen molar-refractivity contribution in [2.24, 2.45) is 0 Å². The van der Waals surface area contributed by atoms with Crippen LogP contribution in [0.2, 0.25) is 0 Å². The molecule has 1 amide bonds. The maximum Gasteiger partial charge on any atom is 0.230 e. The summed E-state index contributed by atoms with van der Waals surface area (Å²) in [4.78, 5) is 12.3. The van der Waals surface area contributed by atoms with Gasteiger partial charge in [-0.1, -0.05) is 48.5 Å². The molecule has 1 fully saturated rings. The molecule has 6 nitrogen and oxygen atoms in total. The smallest absolute Gasteiger partial charge is 0.230 e. The lowest BCUT2D eigenvalue weighted by Crippen LogP contribution is -2.46. The molecule has 25 heavy (non-hydrogen) atoms. The van der Waals surface area contributed by atoms with Crippen LogP contribution in [0.1, 0.15) is 24.8 Å². The van der Waals surface area contributed by atoms with Gasteiger partial charge in [0.1, 0.15) is 6.33 Å². The van der Waals surface area contributed by atoms with Gasteiger partial charge in [-0.3, -0.25) is 4.79 Å². The number of aromatic nitrogens is 3. The van der Waals surface area contributed by atoms with Crippen LogP contribution in [0.25, 0.3) is 0 Å². The number of nitrogens with zero attached hydrogens (tertiary/aromatic N) is 3. The molecule has 1 saturated carbocycles. The van der Waals surface area contributed by atoms with E-state index in [9.17, 15) is 4.79 Å². The average molecular weight is 360 g/mol. The SMILES string of the molecule is COCCn1cnnc1SCC(=O)NCC1(c2ccccc2)CCC1. The van der Waals surface area contributed by atoms with Crippen molar-refractivity contribution in [3.63, 3.8) is 0 Å². The monoisotopic (exact) mass is 360 g/mol. The number of thioether (sulfide) groups is 1. The first-order valence-electron chi connectivity index (χ1n) is 8.55. The fraction of sp³-hybridized carbons (Fsp3) is 0.500. The Kier molecular flexibility index (Phi) is 6.09. The summed E-state index contributed by atoms with van der Waals surface area (Å²) < 4.78 is 6.97. The average Bonchev–Trinajstić information content (AvgIpc) is 3.05. The summed E-state index contributed by atoms with van der Waals surface area (Å²) in [5.41, 5.74) is 1.44. The van der Waals surface area contributed by atoms with Crippen molar-refractivity contribution in [1.29, 1.82) is 0 Å². The zero-order chi connectivity index (χ0) is 17.5. The lowest BCUT2D eigenvalue weighted by molar-refractivity contribution is -0.119. The quantitative estimate of drug-likeness (QED) is 0.695. The lowest BCUT2D eigenvalue weighted by atomic mass is 9.64. The van der Waals surface area contributed by atoms with E-state index in [-0.39, 0.29) is 11.3 Å². The molecule has 2 aromatic rings. The van der Waals surface area contributed by atoms with Crippen LogP contribution >= 0.6 is 11.8 Å². The Morgan fingerprint density at radius 2 is 2.16 bits per heavy atom. The Bertz CT molecular complexity index is 685. The van der Waals surface area contributed by atoms with Crippen molar-refractivity contribution in [3.05, 3.63) is 42.2 Å². The highest BCUT2D eigenvalue weighted by Crippen LogP contribution is 2.43. The van der Waals surface area contributed by atoms with Gasteiger partial charge in [0.05, 0.1) is 12.4 Å². The number of amides is 1. The van der Waals surface area contributed by atoms with Gasteiger partial charge in [0, 0.05) is 25.6 Å². The molecule has 0 aliphatic heterocycles. The molecule has 0 spiro atoms. The summed E-state index contributed by atoms with van der Waals surface area (Å²) in [6, 6.07) is 10.5. The van der Waals surface area contributed by atoms with E-state index in [1.54, 1.807) is 13.4 Å². The van der Waals surface area contributed by atoms with Gasteiger partial charge in [0.15, 0.2) is 5.16 Å². The lowest BCUT2D eigenvalue weighted by Gasteiger charge is -2.42. The first-order valence-corrected chi connectivity index (χ1v) is 9.54. The van der Waals surface area contributed by atoms with E-state index in [1.165, 1.54) is 23.7 Å². The summed E-state index contributed by atoms with van der Waals surface area (Å²) >= 11 is 1.41. The molecule has 3 rings (SSSR count). The van der Waals surface area contributed by atoms with E-state index in [2.05, 4.69) is 39.8 Å². The number of ether oxygens (including phenoxy) is 1. The molecule has 1 N–H and O–H groups in total. The van der Waals surface area contributed by atoms with Crippen molar-refractivity contribution in [1.82, 2.24) is 20.1 Å². The van der Waals surface area contributed by atoms with Crippen LogP contribution in [0.4, 0.5) is 0 Å². The molecule has 0 bridgehead atoms. The number of rotatable bonds is 9. The Labute approximate surface area is 152 Å². The Hall–Kier alpha value is -1.86. The standard InChI is InChI=1S/C18H24N4O2S/c1-24-11-10-22-14-20-21-17(22)25-12-16(23)19-13-18(8-5-9-18)15-6-3-2-4-7-15/h2-4,6-7,14H,5,8-13H2,1H3,(H,19,23). The molecular formula is C18H24N4O2S. The normalized spacial score (nSPS) is 15.6. The van der Waals surface area contributed by atoms with Gasteiger partial charge in [0.2, 0.25) is 5.91 Å². The first-order chi connectivity index (χ1) is 12.2. The van der Waals surface area contributed by atoms with Gasteiger partial charge in [-0.25, -0.2) is 0 Å². The predicted octanol–water partition coefficient (Wildman–Crippen LogP) is 2.25. The third-order valence-corrected chi connectivity index (χ3v) is 5.75. The molecule has 1 aromatic carbocycles. The summed E-state index contributed by atoms with van der Waals surface area (Å²) in [7, 11) is 1.66. The molecule has 0 saturated heterocycles. The zero-order valence-electron chi connectivity index (χ0n) is 14.5. The number of carbonyl (C=O) groups is 1. The van der Waals surface area contributed by atoms with Crippen LogP contribution in [0, 0.1) is 0 Å². The van der Waals surface area contributed by atoms with E-state index in [1.807, 2.05) is 10.6 Å². The van der Waals surface area contributed by atoms with Gasteiger partial charge in [-0.05, 0) is 18.4 Å². The van der Waals surface area contributed by atoms with Crippen LogP contribution in [-0.4, -0.2) is 46.7 Å². The second kappa shape index (κ2) is 8.49. The molecule has 1 aliphatic rings. The molecule has 0 radical (unpaired) electrons. The van der Waals surface area contributed by atoms with Crippen molar-refractivity contribution < 1.29 is 9.53 Å². The minimum atomic E-state index is 0.0356. The van der Waals surface area contributed by atoms with Crippen molar-refractivity contribution in [3.8, 4) is 0 Å². The molecule has 0 atom stereocenters. The number of benzene rings is 1. The maximum absolute atomic E-state index is 12.3. The van der Waals surface area contributed by atoms with Crippen molar-refractivity contribution in [2.75, 3.05) is 26.0 Å². The van der Waals surface area contributed by atoms with Gasteiger partial charge >= 0.3 is 0 Å². The molecule has 1 aromatic heterocycles. The van der Waals surface area contributed by atoms with Crippen LogP contribution in [0.3, 0.4) is 0 Å². The zero-order valence-corrected chi connectivity index (χ0v) is 15.3. The molecular weight excluding hydrogens is 336 g/mol. The number of methoxy groups -OCH3 is 1. The fourth-order valence-electron chi connectivity index (χ4n) is 3.11. The third-order valence-electron chi connectivity index (χ3n) is 4.77. The Balaban J connectivity index is 1.49. The second-order valence-corrected chi connectivity index (χ2v) is 7.31. The number of carbonyl (C=O) groups excluding carboxylic acids is 1. The fourth-order valence-corrected chi connectivity index (χ4v) is 3.88. The highest BCUT2D eigenvalue weighted by atomic mass is 32.2.